The lowest BCUT2D eigenvalue weighted by Crippen LogP contribution is -1.94. The molecule has 0 aromatic heterocycles. The van der Waals surface area contributed by atoms with Gasteiger partial charge in [0.25, 0.3) is 0 Å². The summed E-state index contributed by atoms with van der Waals surface area (Å²) in [5.41, 5.74) is 4.19. The molecule has 0 saturated heterocycles. The number of unbranched alkanes of at least 4 members (excludes halogenated alkanes) is 14. The summed E-state index contributed by atoms with van der Waals surface area (Å²) >= 11 is 5.60. The molecule has 0 unspecified atom stereocenters. The van der Waals surface area contributed by atoms with Gasteiger partial charge in [0, 0.05) is 10.4 Å². The minimum atomic E-state index is 0.0810. The SMILES string of the molecule is CCCCCCCCCCCCCCCCCc1ccc(C(=S)C=Cc2cccc(C(C)=O)c2)cc1. The third-order valence-corrected chi connectivity index (χ3v) is 7.40. The highest BCUT2D eigenvalue weighted by Gasteiger charge is 2.01. The first kappa shape index (κ1) is 30.2. The molecular formula is C34H48OS. The van der Waals surface area contributed by atoms with Crippen LogP contribution in [0.25, 0.3) is 6.08 Å². The summed E-state index contributed by atoms with van der Waals surface area (Å²) in [6.45, 7) is 3.88. The Hall–Kier alpha value is -2.06. The molecule has 2 rings (SSSR count). The number of rotatable bonds is 20. The van der Waals surface area contributed by atoms with E-state index in [9.17, 15) is 4.79 Å². The highest BCUT2D eigenvalue weighted by molar-refractivity contribution is 7.81. The Balaban J connectivity index is 1.52. The largest absolute Gasteiger partial charge is 0.295 e. The maximum absolute atomic E-state index is 11.6. The Morgan fingerprint density at radius 2 is 1.22 bits per heavy atom. The lowest BCUT2D eigenvalue weighted by Gasteiger charge is -2.05. The van der Waals surface area contributed by atoms with Gasteiger partial charge in [-0.25, -0.2) is 0 Å². The molecule has 1 nitrogen and oxygen atoms in total. The first-order valence-electron chi connectivity index (χ1n) is 14.5. The van der Waals surface area contributed by atoms with Crippen molar-refractivity contribution in [1.82, 2.24) is 0 Å². The summed E-state index contributed by atoms with van der Waals surface area (Å²) in [7, 11) is 0. The molecule has 0 fully saturated rings. The predicted molar refractivity (Wildman–Crippen MR) is 162 cm³/mol. The van der Waals surface area contributed by atoms with Gasteiger partial charge in [-0.15, -0.1) is 0 Å². The van der Waals surface area contributed by atoms with Crippen LogP contribution in [0.4, 0.5) is 0 Å². The Labute approximate surface area is 226 Å². The number of carbonyl (C=O) groups excluding carboxylic acids is 1. The van der Waals surface area contributed by atoms with E-state index in [0.29, 0.717) is 0 Å². The Bertz CT molecular complexity index is 909. The highest BCUT2D eigenvalue weighted by atomic mass is 32.1. The van der Waals surface area contributed by atoms with Gasteiger partial charge in [-0.2, -0.15) is 0 Å². The number of carbonyl (C=O) groups is 1. The van der Waals surface area contributed by atoms with Crippen LogP contribution < -0.4 is 0 Å². The second kappa shape index (κ2) is 19.1. The van der Waals surface area contributed by atoms with Gasteiger partial charge in [0.15, 0.2) is 5.78 Å². The number of allylic oxidation sites excluding steroid dienone is 1. The molecule has 0 heterocycles. The zero-order valence-corrected chi connectivity index (χ0v) is 23.7. The van der Waals surface area contributed by atoms with Crippen molar-refractivity contribution < 1.29 is 4.79 Å². The second-order valence-corrected chi connectivity index (χ2v) is 10.7. The van der Waals surface area contributed by atoms with Gasteiger partial charge < -0.3 is 0 Å². The fourth-order valence-corrected chi connectivity index (χ4v) is 4.87. The summed E-state index contributed by atoms with van der Waals surface area (Å²) in [5.74, 6) is 0.0810. The van der Waals surface area contributed by atoms with E-state index in [1.54, 1.807) is 6.92 Å². The average Bonchev–Trinajstić information content (AvgIpc) is 2.90. The number of hydrogen-bond donors (Lipinski definition) is 0. The van der Waals surface area contributed by atoms with Crippen LogP contribution in [0, 0.1) is 0 Å². The van der Waals surface area contributed by atoms with Crippen molar-refractivity contribution in [2.24, 2.45) is 0 Å². The number of benzene rings is 2. The minimum Gasteiger partial charge on any atom is -0.295 e. The van der Waals surface area contributed by atoms with E-state index >= 15 is 0 Å². The molecule has 196 valence electrons. The summed E-state index contributed by atoms with van der Waals surface area (Å²) in [5, 5.41) is 0. The molecule has 0 amide bonds. The molecule has 0 saturated carbocycles. The smallest absolute Gasteiger partial charge is 0.159 e. The molecule has 0 aliphatic carbocycles. The Kier molecular flexibility index (Phi) is 16.0. The van der Waals surface area contributed by atoms with Crippen LogP contribution in [0.1, 0.15) is 137 Å². The van der Waals surface area contributed by atoms with Gasteiger partial charge in [-0.05, 0) is 48.6 Å². The molecule has 36 heavy (non-hydrogen) atoms. The standard InChI is InChI=1S/C34H48OS/c1-3-4-5-6-7-8-9-10-11-12-13-14-15-16-17-19-30-22-25-32(26-23-30)34(36)27-24-31-20-18-21-33(28-31)29(2)35/h18,20-28H,3-17,19H2,1-2H3. The van der Waals surface area contributed by atoms with Gasteiger partial charge in [0.05, 0.1) is 0 Å². The summed E-state index contributed by atoms with van der Waals surface area (Å²) in [4.78, 5) is 12.4. The number of aryl methyl sites for hydroxylation is 1. The molecule has 0 atom stereocenters. The van der Waals surface area contributed by atoms with E-state index in [0.717, 1.165) is 28.0 Å². The fraction of sp³-hybridized carbons (Fsp3) is 0.529. The molecule has 2 aromatic carbocycles. The highest BCUT2D eigenvalue weighted by Crippen LogP contribution is 2.15. The quantitative estimate of drug-likeness (QED) is 0.0772. The maximum Gasteiger partial charge on any atom is 0.159 e. The molecule has 0 spiro atoms. The lowest BCUT2D eigenvalue weighted by molar-refractivity contribution is 0.101. The Morgan fingerprint density at radius 3 is 1.75 bits per heavy atom. The first-order chi connectivity index (χ1) is 17.6. The third-order valence-electron chi connectivity index (χ3n) is 7.03. The predicted octanol–water partition coefficient (Wildman–Crippen LogP) is 10.7. The lowest BCUT2D eigenvalue weighted by atomic mass is 10.0. The van der Waals surface area contributed by atoms with E-state index in [1.165, 1.54) is 102 Å². The zero-order chi connectivity index (χ0) is 25.8. The number of hydrogen-bond acceptors (Lipinski definition) is 2. The van der Waals surface area contributed by atoms with Crippen LogP contribution in [0.15, 0.2) is 54.6 Å². The summed E-state index contributed by atoms with van der Waals surface area (Å²) in [6, 6.07) is 16.4. The molecule has 0 radical (unpaired) electrons. The van der Waals surface area contributed by atoms with E-state index < -0.39 is 0 Å². The second-order valence-electron chi connectivity index (χ2n) is 10.3. The molecule has 2 heteroatoms. The van der Waals surface area contributed by atoms with E-state index in [2.05, 4.69) is 31.2 Å². The van der Waals surface area contributed by atoms with Crippen molar-refractivity contribution in [1.29, 1.82) is 0 Å². The molecule has 0 aliphatic heterocycles. The molecule has 0 N–H and O–H groups in total. The van der Waals surface area contributed by atoms with Gasteiger partial charge in [-0.3, -0.25) is 4.79 Å². The van der Waals surface area contributed by atoms with Crippen LogP contribution in [-0.2, 0) is 6.42 Å². The fourth-order valence-electron chi connectivity index (χ4n) is 4.67. The topological polar surface area (TPSA) is 17.1 Å². The van der Waals surface area contributed by atoms with Crippen LogP contribution in [0.3, 0.4) is 0 Å². The summed E-state index contributed by atoms with van der Waals surface area (Å²) < 4.78 is 0. The molecular weight excluding hydrogens is 456 g/mol. The normalized spacial score (nSPS) is 11.3. The van der Waals surface area contributed by atoms with E-state index in [1.807, 2.05) is 36.4 Å². The van der Waals surface area contributed by atoms with Crippen LogP contribution in [0.2, 0.25) is 0 Å². The van der Waals surface area contributed by atoms with Crippen LogP contribution >= 0.6 is 12.2 Å². The molecule has 2 aromatic rings. The van der Waals surface area contributed by atoms with Gasteiger partial charge in [0.1, 0.15) is 0 Å². The maximum atomic E-state index is 11.6. The molecule has 0 bridgehead atoms. The van der Waals surface area contributed by atoms with Crippen molar-refractivity contribution in [2.75, 3.05) is 0 Å². The van der Waals surface area contributed by atoms with Crippen molar-refractivity contribution >= 4 is 28.9 Å². The Morgan fingerprint density at radius 1 is 0.694 bits per heavy atom. The number of thiocarbonyl (C=S) groups is 1. The van der Waals surface area contributed by atoms with Gasteiger partial charge >= 0.3 is 0 Å². The van der Waals surface area contributed by atoms with Gasteiger partial charge in [-0.1, -0.05) is 158 Å². The van der Waals surface area contributed by atoms with Crippen LogP contribution in [0.5, 0.6) is 0 Å². The van der Waals surface area contributed by atoms with Crippen molar-refractivity contribution in [2.45, 2.75) is 117 Å². The van der Waals surface area contributed by atoms with Crippen molar-refractivity contribution in [3.05, 3.63) is 76.9 Å². The van der Waals surface area contributed by atoms with E-state index in [-0.39, 0.29) is 5.78 Å². The van der Waals surface area contributed by atoms with Crippen LogP contribution in [-0.4, -0.2) is 10.6 Å². The van der Waals surface area contributed by atoms with E-state index in [4.69, 9.17) is 12.2 Å². The third kappa shape index (κ3) is 13.3. The van der Waals surface area contributed by atoms with Crippen molar-refractivity contribution in [3.63, 3.8) is 0 Å². The van der Waals surface area contributed by atoms with Gasteiger partial charge in [0.2, 0.25) is 0 Å². The monoisotopic (exact) mass is 504 g/mol. The number of Topliss-reactive ketones (excluding diaryl/α,β-unsaturated/α-hetero) is 1. The summed E-state index contributed by atoms with van der Waals surface area (Å²) in [6.07, 6.45) is 26.2. The van der Waals surface area contributed by atoms with Crippen molar-refractivity contribution in [3.8, 4) is 0 Å². The molecule has 0 aliphatic rings. The number of ketones is 1. The average molecular weight is 505 g/mol. The zero-order valence-electron chi connectivity index (χ0n) is 22.9. The minimum absolute atomic E-state index is 0.0810. The first-order valence-corrected chi connectivity index (χ1v) is 14.9.